The monoisotopic (exact) mass is 517 g/mol. The Morgan fingerprint density at radius 3 is 1.70 bits per heavy atom. The van der Waals surface area contributed by atoms with Crippen molar-refractivity contribution in [3.05, 3.63) is 179 Å². The molecule has 0 radical (unpaired) electrons. The number of allylic oxidation sites excluding steroid dienone is 1. The highest BCUT2D eigenvalue weighted by molar-refractivity contribution is 6.54. The van der Waals surface area contributed by atoms with Crippen molar-refractivity contribution in [1.82, 2.24) is 0 Å². The number of hydrogen-bond donors (Lipinski definition) is 0. The first-order chi connectivity index (χ1) is 19.8. The molecular formula is C36H27N3O. The average Bonchev–Trinajstić information content (AvgIpc) is 3.29. The van der Waals surface area contributed by atoms with E-state index in [0.29, 0.717) is 18.0 Å². The molecule has 0 fully saturated rings. The molecule has 0 aromatic heterocycles. The predicted molar refractivity (Wildman–Crippen MR) is 164 cm³/mol. The van der Waals surface area contributed by atoms with Gasteiger partial charge in [0.1, 0.15) is 0 Å². The summed E-state index contributed by atoms with van der Waals surface area (Å²) in [4.78, 5) is 15.5. The zero-order valence-electron chi connectivity index (χ0n) is 21.9. The summed E-state index contributed by atoms with van der Waals surface area (Å²) in [6, 6.07) is 48.2. The standard InChI is InChI=1S/C36H27N3O/c40-36-35(31-23-13-14-24-34(31)39(36)26-27-15-5-1-6-16-27)38-37-33(30-21-11-4-12-22-30)25-32(28-17-7-2-8-18-28)29-19-9-3-10-20-29/h1-25H,26H2/b37-33+,38-35-. The molecule has 5 aromatic rings. The fourth-order valence-electron chi connectivity index (χ4n) is 4.87. The van der Waals surface area contributed by atoms with E-state index in [1.807, 2.05) is 121 Å². The molecule has 40 heavy (non-hydrogen) atoms. The largest absolute Gasteiger partial charge is 0.302 e. The van der Waals surface area contributed by atoms with Crippen LogP contribution in [0.15, 0.2) is 162 Å². The SMILES string of the molecule is O=C1/C(=N\N=C(/C=C(c2ccccc2)c2ccccc2)c2ccccc2)c2ccccc2N1Cc1ccccc1. The zero-order valence-corrected chi connectivity index (χ0v) is 21.9. The van der Waals surface area contributed by atoms with Crippen LogP contribution in [0, 0.1) is 0 Å². The summed E-state index contributed by atoms with van der Waals surface area (Å²) in [5, 5.41) is 9.36. The summed E-state index contributed by atoms with van der Waals surface area (Å²) in [6.07, 6.45) is 2.05. The zero-order chi connectivity index (χ0) is 27.1. The topological polar surface area (TPSA) is 45.0 Å². The van der Waals surface area contributed by atoms with Crippen molar-refractivity contribution in [2.45, 2.75) is 6.54 Å². The van der Waals surface area contributed by atoms with Gasteiger partial charge in [0.25, 0.3) is 5.91 Å². The van der Waals surface area contributed by atoms with E-state index < -0.39 is 0 Å². The second-order valence-electron chi connectivity index (χ2n) is 9.48. The maximum Gasteiger partial charge on any atom is 0.279 e. The molecule has 1 amide bonds. The summed E-state index contributed by atoms with van der Waals surface area (Å²) in [7, 11) is 0. The van der Waals surface area contributed by atoms with Gasteiger partial charge in [-0.1, -0.05) is 140 Å². The first kappa shape index (κ1) is 25.0. The van der Waals surface area contributed by atoms with E-state index in [9.17, 15) is 4.79 Å². The van der Waals surface area contributed by atoms with Crippen LogP contribution in [0.3, 0.4) is 0 Å². The lowest BCUT2D eigenvalue weighted by molar-refractivity contribution is -0.112. The van der Waals surface area contributed by atoms with E-state index in [0.717, 1.165) is 39.1 Å². The molecule has 4 nitrogen and oxygen atoms in total. The Morgan fingerprint density at radius 1 is 0.600 bits per heavy atom. The van der Waals surface area contributed by atoms with Gasteiger partial charge in [-0.05, 0) is 34.4 Å². The quantitative estimate of drug-likeness (QED) is 0.162. The van der Waals surface area contributed by atoms with Crippen molar-refractivity contribution in [2.75, 3.05) is 4.90 Å². The molecule has 0 atom stereocenters. The number of hydrogen-bond acceptors (Lipinski definition) is 3. The molecule has 1 aliphatic heterocycles. The van der Waals surface area contributed by atoms with Crippen LogP contribution in [0.4, 0.5) is 5.69 Å². The first-order valence-electron chi connectivity index (χ1n) is 13.3. The minimum atomic E-state index is -0.156. The number of benzene rings is 5. The van der Waals surface area contributed by atoms with E-state index in [-0.39, 0.29) is 5.91 Å². The van der Waals surface area contributed by atoms with Crippen LogP contribution in [0.25, 0.3) is 5.57 Å². The minimum Gasteiger partial charge on any atom is -0.302 e. The number of amides is 1. The highest BCUT2D eigenvalue weighted by atomic mass is 16.2. The van der Waals surface area contributed by atoms with Crippen molar-refractivity contribution in [3.63, 3.8) is 0 Å². The van der Waals surface area contributed by atoms with Crippen LogP contribution >= 0.6 is 0 Å². The summed E-state index contributed by atoms with van der Waals surface area (Å²) < 4.78 is 0. The number of carbonyl (C=O) groups excluding carboxylic acids is 1. The number of anilines is 1. The Balaban J connectivity index is 1.47. The molecule has 0 N–H and O–H groups in total. The van der Waals surface area contributed by atoms with Crippen molar-refractivity contribution in [2.24, 2.45) is 10.2 Å². The van der Waals surface area contributed by atoms with Crippen LogP contribution < -0.4 is 4.90 Å². The van der Waals surface area contributed by atoms with E-state index in [1.165, 1.54) is 0 Å². The van der Waals surface area contributed by atoms with Crippen LogP contribution in [-0.4, -0.2) is 17.3 Å². The minimum absolute atomic E-state index is 0.156. The van der Waals surface area contributed by atoms with E-state index >= 15 is 0 Å². The average molecular weight is 518 g/mol. The second-order valence-corrected chi connectivity index (χ2v) is 9.48. The van der Waals surface area contributed by atoms with Gasteiger partial charge in [0.15, 0.2) is 5.71 Å². The molecular weight excluding hydrogens is 490 g/mol. The molecule has 0 saturated heterocycles. The van der Waals surface area contributed by atoms with Gasteiger partial charge in [-0.15, -0.1) is 10.2 Å². The third-order valence-electron chi connectivity index (χ3n) is 6.86. The highest BCUT2D eigenvalue weighted by Crippen LogP contribution is 2.31. The lowest BCUT2D eigenvalue weighted by atomic mass is 9.95. The van der Waals surface area contributed by atoms with Gasteiger partial charge in [0, 0.05) is 11.1 Å². The summed E-state index contributed by atoms with van der Waals surface area (Å²) in [5.41, 5.74) is 7.77. The first-order valence-corrected chi connectivity index (χ1v) is 13.3. The Morgan fingerprint density at radius 2 is 1.10 bits per heavy atom. The van der Waals surface area contributed by atoms with Crippen LogP contribution in [0.5, 0.6) is 0 Å². The molecule has 0 unspecified atom stereocenters. The molecule has 192 valence electrons. The molecule has 0 aliphatic carbocycles. The molecule has 0 bridgehead atoms. The van der Waals surface area contributed by atoms with E-state index in [4.69, 9.17) is 5.10 Å². The van der Waals surface area contributed by atoms with Crippen LogP contribution in [-0.2, 0) is 11.3 Å². The molecule has 4 heteroatoms. The Bertz CT molecular complexity index is 1670. The van der Waals surface area contributed by atoms with Crippen LogP contribution in [0.2, 0.25) is 0 Å². The molecule has 6 rings (SSSR count). The third-order valence-corrected chi connectivity index (χ3v) is 6.86. The molecule has 1 heterocycles. The summed E-state index contributed by atoms with van der Waals surface area (Å²) in [6.45, 7) is 0.469. The van der Waals surface area contributed by atoms with Crippen LogP contribution in [0.1, 0.15) is 27.8 Å². The molecule has 0 spiro atoms. The second kappa shape index (κ2) is 11.6. The van der Waals surface area contributed by atoms with Crippen molar-refractivity contribution in [3.8, 4) is 0 Å². The van der Waals surface area contributed by atoms with Gasteiger partial charge in [-0.3, -0.25) is 4.79 Å². The molecule has 5 aromatic carbocycles. The van der Waals surface area contributed by atoms with Crippen molar-refractivity contribution in [1.29, 1.82) is 0 Å². The van der Waals surface area contributed by atoms with E-state index in [1.54, 1.807) is 4.90 Å². The number of carbonyl (C=O) groups is 1. The number of fused-ring (bicyclic) bond motifs is 1. The lowest BCUT2D eigenvalue weighted by Crippen LogP contribution is -2.29. The molecule has 1 aliphatic rings. The van der Waals surface area contributed by atoms with Crippen molar-refractivity contribution < 1.29 is 4.79 Å². The fraction of sp³-hybridized carbons (Fsp3) is 0.0278. The van der Waals surface area contributed by atoms with Gasteiger partial charge in [-0.2, -0.15) is 0 Å². The number of rotatable bonds is 7. The Hall–Kier alpha value is -5.35. The summed E-state index contributed by atoms with van der Waals surface area (Å²) >= 11 is 0. The third kappa shape index (κ3) is 5.29. The maximum atomic E-state index is 13.7. The Kier molecular flexibility index (Phi) is 7.23. The van der Waals surface area contributed by atoms with E-state index in [2.05, 4.69) is 35.4 Å². The highest BCUT2D eigenvalue weighted by Gasteiger charge is 2.34. The maximum absolute atomic E-state index is 13.7. The summed E-state index contributed by atoms with van der Waals surface area (Å²) in [5.74, 6) is -0.156. The van der Waals surface area contributed by atoms with Gasteiger partial charge in [-0.25, -0.2) is 0 Å². The van der Waals surface area contributed by atoms with Gasteiger partial charge < -0.3 is 4.90 Å². The van der Waals surface area contributed by atoms with Gasteiger partial charge in [0.05, 0.1) is 17.9 Å². The normalized spacial score (nSPS) is 13.8. The lowest BCUT2D eigenvalue weighted by Gasteiger charge is -2.16. The predicted octanol–water partition coefficient (Wildman–Crippen LogP) is 7.56. The van der Waals surface area contributed by atoms with Gasteiger partial charge >= 0.3 is 0 Å². The molecule has 0 saturated carbocycles. The van der Waals surface area contributed by atoms with Gasteiger partial charge in [0.2, 0.25) is 0 Å². The van der Waals surface area contributed by atoms with Crippen molar-refractivity contribution >= 4 is 28.6 Å². The number of para-hydroxylation sites is 1. The number of nitrogens with zero attached hydrogens (tertiary/aromatic N) is 3. The smallest absolute Gasteiger partial charge is 0.279 e. The Labute approximate surface area is 234 Å². The fourth-order valence-corrected chi connectivity index (χ4v) is 4.87.